The summed E-state index contributed by atoms with van der Waals surface area (Å²) < 4.78 is 10.2. The number of alkyl carbamates (subject to hydrolysis) is 1. The van der Waals surface area contributed by atoms with Gasteiger partial charge in [-0.25, -0.2) is 9.59 Å². The highest BCUT2D eigenvalue weighted by Crippen LogP contribution is 2.30. The van der Waals surface area contributed by atoms with Gasteiger partial charge in [-0.1, -0.05) is 43.3 Å². The molecule has 1 fully saturated rings. The first kappa shape index (κ1) is 34.8. The van der Waals surface area contributed by atoms with E-state index in [-0.39, 0.29) is 49.3 Å². The van der Waals surface area contributed by atoms with E-state index in [0.717, 1.165) is 11.1 Å². The highest BCUT2D eigenvalue weighted by molar-refractivity contribution is 5.71. The van der Waals surface area contributed by atoms with Gasteiger partial charge in [-0.05, 0) is 58.7 Å². The van der Waals surface area contributed by atoms with Gasteiger partial charge in [0.2, 0.25) is 0 Å². The van der Waals surface area contributed by atoms with Crippen LogP contribution in [0.2, 0.25) is 0 Å². The number of nitrogens with one attached hydrogen (secondary N) is 1. The number of β-amino-alcohol motifs (C(OH)–C–C–N with tert-alkyl or cyclic N) is 1. The molecule has 14 heteroatoms. The third kappa shape index (κ3) is 9.99. The van der Waals surface area contributed by atoms with Gasteiger partial charge in [0.25, 0.3) is 11.4 Å². The van der Waals surface area contributed by atoms with E-state index in [1.165, 1.54) is 41.3 Å². The summed E-state index contributed by atoms with van der Waals surface area (Å²) in [6.45, 7) is 2.92. The Balaban J connectivity index is 0.000000229. The summed E-state index contributed by atoms with van der Waals surface area (Å²) in [7, 11) is 0. The largest absolute Gasteiger partial charge is 0.507 e. The first-order valence-electron chi connectivity index (χ1n) is 14.8. The Bertz CT molecular complexity index is 1710. The van der Waals surface area contributed by atoms with Crippen LogP contribution in [0.15, 0.2) is 97.1 Å². The lowest BCUT2D eigenvalue weighted by molar-refractivity contribution is -0.385. The number of hydrogen-bond donors (Lipinski definition) is 3. The molecule has 0 radical (unpaired) electrons. The molecule has 3 N–H and O–H groups in total. The van der Waals surface area contributed by atoms with E-state index in [0.29, 0.717) is 23.2 Å². The first-order chi connectivity index (χ1) is 23.0. The topological polar surface area (TPSA) is 195 Å². The highest BCUT2D eigenvalue weighted by Gasteiger charge is 2.31. The predicted octanol–water partition coefficient (Wildman–Crippen LogP) is 5.94. The molecule has 2 atom stereocenters. The van der Waals surface area contributed by atoms with Gasteiger partial charge in [0.15, 0.2) is 0 Å². The van der Waals surface area contributed by atoms with Crippen LogP contribution in [0.25, 0.3) is 11.1 Å². The van der Waals surface area contributed by atoms with Crippen LogP contribution in [0.3, 0.4) is 0 Å². The quantitative estimate of drug-likeness (QED) is 0.143. The molecule has 5 rings (SSSR count). The van der Waals surface area contributed by atoms with Crippen molar-refractivity contribution in [1.29, 1.82) is 0 Å². The highest BCUT2D eigenvalue weighted by atomic mass is 16.6. The summed E-state index contributed by atoms with van der Waals surface area (Å²) in [4.78, 5) is 45.3. The van der Waals surface area contributed by atoms with Gasteiger partial charge >= 0.3 is 12.2 Å². The number of ether oxygens (including phenoxy) is 2. The van der Waals surface area contributed by atoms with Gasteiger partial charge in [0, 0.05) is 48.8 Å². The molecule has 0 aliphatic carbocycles. The van der Waals surface area contributed by atoms with Crippen LogP contribution in [0.4, 0.5) is 21.0 Å². The first-order valence-corrected chi connectivity index (χ1v) is 14.8. The fourth-order valence-corrected chi connectivity index (χ4v) is 4.68. The molecule has 1 unspecified atom stereocenters. The van der Waals surface area contributed by atoms with Crippen LogP contribution in [0.1, 0.15) is 23.6 Å². The fraction of sp³-hybridized carbons (Fsp3) is 0.235. The van der Waals surface area contributed by atoms with Gasteiger partial charge in [-0.3, -0.25) is 20.2 Å². The summed E-state index contributed by atoms with van der Waals surface area (Å²) in [6.07, 6.45) is -1.60. The summed E-state index contributed by atoms with van der Waals surface area (Å²) in [5.74, 6) is 0.206. The summed E-state index contributed by atoms with van der Waals surface area (Å²) in [5.41, 5.74) is 3.67. The van der Waals surface area contributed by atoms with Crippen LogP contribution in [-0.2, 0) is 29.2 Å². The van der Waals surface area contributed by atoms with E-state index in [1.807, 2.05) is 37.3 Å². The molecule has 2 amide bonds. The number of carbonyl (C=O) groups excluding carboxylic acids is 2. The average molecular weight is 659 g/mol. The number of carbonyl (C=O) groups is 2. The van der Waals surface area contributed by atoms with Crippen LogP contribution >= 0.6 is 0 Å². The Kier molecular flexibility index (Phi) is 12.0. The maximum absolute atomic E-state index is 11.9. The van der Waals surface area contributed by atoms with Gasteiger partial charge in [-0.15, -0.1) is 0 Å². The van der Waals surface area contributed by atoms with Crippen molar-refractivity contribution in [3.05, 3.63) is 134 Å². The number of rotatable bonds is 9. The van der Waals surface area contributed by atoms with Crippen molar-refractivity contribution in [2.45, 2.75) is 32.8 Å². The predicted molar refractivity (Wildman–Crippen MR) is 174 cm³/mol. The van der Waals surface area contributed by atoms with Gasteiger partial charge in [0.05, 0.1) is 22.5 Å². The van der Waals surface area contributed by atoms with E-state index in [4.69, 9.17) is 9.47 Å². The number of hydrogen-bond acceptors (Lipinski definition) is 10. The van der Waals surface area contributed by atoms with Crippen LogP contribution < -0.4 is 5.32 Å². The van der Waals surface area contributed by atoms with Crippen molar-refractivity contribution in [2.75, 3.05) is 13.1 Å². The Morgan fingerprint density at radius 2 is 1.35 bits per heavy atom. The van der Waals surface area contributed by atoms with E-state index in [9.17, 15) is 40.0 Å². The smallest absolute Gasteiger partial charge is 0.410 e. The van der Waals surface area contributed by atoms with E-state index in [1.54, 1.807) is 30.3 Å². The standard InChI is InChI=1S/C21H18N2O5.C13H16N2O5/c24-20-11-8-16(12-19(20)17-4-2-1-3-5-17)13-22-21(25)28-14-15-6-9-18(10-7-15)23(26)27;1-9-6-14(7-12(9)16)13(17)20-8-10-2-4-11(5-3-10)15(18)19/h1-12,24H,13-14H2,(H,22,25);2-5,9,12,16H,6-8H2,1H3/t;9?,12-/m.0/s1. The minimum atomic E-state index is -0.604. The third-order valence-electron chi connectivity index (χ3n) is 7.44. The maximum Gasteiger partial charge on any atom is 0.410 e. The molecule has 0 saturated carbocycles. The summed E-state index contributed by atoms with van der Waals surface area (Å²) in [5, 5.41) is 43.4. The molecular weight excluding hydrogens is 624 g/mol. The van der Waals surface area contributed by atoms with Crippen LogP contribution in [-0.4, -0.2) is 56.3 Å². The summed E-state index contributed by atoms with van der Waals surface area (Å²) >= 11 is 0. The normalized spacial score (nSPS) is 15.1. The molecule has 250 valence electrons. The molecular formula is C34H34N4O10. The van der Waals surface area contributed by atoms with Gasteiger partial charge in [0.1, 0.15) is 19.0 Å². The van der Waals surface area contributed by atoms with E-state index >= 15 is 0 Å². The zero-order valence-electron chi connectivity index (χ0n) is 25.9. The average Bonchev–Trinajstić information content (AvgIpc) is 3.44. The fourth-order valence-electron chi connectivity index (χ4n) is 4.68. The van der Waals surface area contributed by atoms with E-state index in [2.05, 4.69) is 5.32 Å². The number of benzene rings is 4. The number of phenolic OH excluding ortho intramolecular Hbond substituents is 1. The Hall–Kier alpha value is -6.02. The molecule has 1 aliphatic heterocycles. The molecule has 4 aromatic carbocycles. The van der Waals surface area contributed by atoms with Crippen molar-refractivity contribution < 1.29 is 39.1 Å². The number of likely N-dealkylation sites (tertiary alicyclic amines) is 1. The van der Waals surface area contributed by atoms with E-state index < -0.39 is 28.1 Å². The Morgan fingerprint density at radius 1 is 0.812 bits per heavy atom. The third-order valence-corrected chi connectivity index (χ3v) is 7.44. The van der Waals surface area contributed by atoms with Crippen molar-refractivity contribution >= 4 is 23.6 Å². The second kappa shape index (κ2) is 16.5. The number of nitro benzene ring substituents is 2. The zero-order chi connectivity index (χ0) is 34.6. The number of aliphatic hydroxyl groups is 1. The second-order valence-electron chi connectivity index (χ2n) is 11.0. The van der Waals surface area contributed by atoms with Crippen molar-refractivity contribution in [3.63, 3.8) is 0 Å². The number of phenols is 1. The van der Waals surface area contributed by atoms with Gasteiger partial charge < -0.3 is 29.9 Å². The van der Waals surface area contributed by atoms with Crippen molar-refractivity contribution in [3.8, 4) is 16.9 Å². The van der Waals surface area contributed by atoms with Gasteiger partial charge in [-0.2, -0.15) is 0 Å². The molecule has 0 aromatic heterocycles. The Labute approximate surface area is 275 Å². The molecule has 4 aromatic rings. The number of non-ortho nitro benzene ring substituents is 2. The maximum atomic E-state index is 11.9. The molecule has 14 nitrogen and oxygen atoms in total. The summed E-state index contributed by atoms with van der Waals surface area (Å²) in [6, 6.07) is 26.2. The van der Waals surface area contributed by atoms with Crippen LogP contribution in [0, 0.1) is 26.1 Å². The SMILES string of the molecule is CC1CN(C(=O)OCc2ccc([N+](=O)[O-])cc2)C[C@@H]1O.O=C(NCc1ccc(O)c(-c2ccccc2)c1)OCc1ccc([N+](=O)[O-])cc1. The number of amides is 2. The number of nitro groups is 2. The molecule has 0 spiro atoms. The second-order valence-corrected chi connectivity index (χ2v) is 11.0. The molecule has 1 aliphatic rings. The van der Waals surface area contributed by atoms with Crippen LogP contribution in [0.5, 0.6) is 5.75 Å². The van der Waals surface area contributed by atoms with Crippen molar-refractivity contribution in [1.82, 2.24) is 10.2 Å². The monoisotopic (exact) mass is 658 g/mol. The number of aliphatic hydroxyl groups excluding tert-OH is 1. The lowest BCUT2D eigenvalue weighted by atomic mass is 10.0. The lowest BCUT2D eigenvalue weighted by Gasteiger charge is -2.15. The minimum absolute atomic E-state index is 0.00318. The van der Waals surface area contributed by atoms with Crippen molar-refractivity contribution in [2.24, 2.45) is 5.92 Å². The molecule has 48 heavy (non-hydrogen) atoms. The number of aromatic hydroxyl groups is 1. The molecule has 0 bridgehead atoms. The zero-order valence-corrected chi connectivity index (χ0v) is 25.9. The lowest BCUT2D eigenvalue weighted by Crippen LogP contribution is -2.30. The molecule has 1 saturated heterocycles. The number of nitrogens with zero attached hydrogens (tertiary/aromatic N) is 3. The minimum Gasteiger partial charge on any atom is -0.507 e. The molecule has 1 heterocycles. The Morgan fingerprint density at radius 3 is 1.88 bits per heavy atom.